The van der Waals surface area contributed by atoms with Gasteiger partial charge in [-0.3, -0.25) is 0 Å². The van der Waals surface area contributed by atoms with Crippen LogP contribution in [0.2, 0.25) is 0 Å². The fraction of sp³-hybridized carbons (Fsp3) is 0.333. The number of halogens is 1. The molecule has 0 aliphatic rings. The first-order chi connectivity index (χ1) is 11.4. The Bertz CT molecular complexity index is 755. The van der Waals surface area contributed by atoms with E-state index in [4.69, 9.17) is 0 Å². The third kappa shape index (κ3) is 3.76. The van der Waals surface area contributed by atoms with Crippen molar-refractivity contribution in [3.8, 4) is 0 Å². The molecule has 1 atom stereocenters. The molecule has 4 nitrogen and oxygen atoms in total. The van der Waals surface area contributed by atoms with Gasteiger partial charge in [-0.25, -0.2) is 12.8 Å². The minimum Gasteiger partial charge on any atom is -0.372 e. The van der Waals surface area contributed by atoms with Gasteiger partial charge >= 0.3 is 0 Å². The highest BCUT2D eigenvalue weighted by atomic mass is 32.2. The second kappa shape index (κ2) is 7.77. The van der Waals surface area contributed by atoms with Crippen molar-refractivity contribution in [2.24, 2.45) is 0 Å². The maximum atomic E-state index is 13.1. The predicted octanol–water partition coefficient (Wildman–Crippen LogP) is 2.43. The van der Waals surface area contributed by atoms with E-state index in [9.17, 15) is 12.8 Å². The molecule has 0 radical (unpaired) electrons. The number of quaternary nitrogens is 1. The van der Waals surface area contributed by atoms with Crippen LogP contribution in [0.5, 0.6) is 0 Å². The molecule has 24 heavy (non-hydrogen) atoms. The van der Waals surface area contributed by atoms with E-state index in [0.717, 1.165) is 30.9 Å². The van der Waals surface area contributed by atoms with Gasteiger partial charge in [0.1, 0.15) is 11.1 Å². The average Bonchev–Trinajstić information content (AvgIpc) is 2.58. The van der Waals surface area contributed by atoms with E-state index in [2.05, 4.69) is 24.5 Å². The molecule has 2 aromatic carbocycles. The Labute approximate surface area is 143 Å². The molecule has 0 bridgehead atoms. The first kappa shape index (κ1) is 18.4. The Hall–Kier alpha value is -1.92. The summed E-state index contributed by atoms with van der Waals surface area (Å²) in [5.41, 5.74) is 5.56. The van der Waals surface area contributed by atoms with Gasteiger partial charge in [0.05, 0.1) is 11.4 Å². The Morgan fingerprint density at radius 2 is 1.54 bits per heavy atom. The predicted molar refractivity (Wildman–Crippen MR) is 94.1 cm³/mol. The number of hydrogen-bond acceptors (Lipinski definition) is 3. The highest BCUT2D eigenvalue weighted by molar-refractivity contribution is 7.91. The highest BCUT2D eigenvalue weighted by Gasteiger charge is 2.29. The van der Waals surface area contributed by atoms with Crippen LogP contribution in [0.1, 0.15) is 24.7 Å². The lowest BCUT2D eigenvalue weighted by atomic mass is 10.1. The lowest BCUT2D eigenvalue weighted by molar-refractivity contribution is -0.367. The van der Waals surface area contributed by atoms with Gasteiger partial charge in [0, 0.05) is 18.8 Å². The molecule has 130 valence electrons. The van der Waals surface area contributed by atoms with Crippen LogP contribution in [0, 0.1) is 5.82 Å². The Morgan fingerprint density at radius 1 is 1.00 bits per heavy atom. The number of rotatable bonds is 7. The average molecular weight is 351 g/mol. The summed E-state index contributed by atoms with van der Waals surface area (Å²) >= 11 is 0. The Kier molecular flexibility index (Phi) is 5.96. The first-order valence-corrected chi connectivity index (χ1v) is 9.62. The van der Waals surface area contributed by atoms with Crippen molar-refractivity contribution in [1.82, 2.24) is 0 Å². The van der Waals surface area contributed by atoms with Gasteiger partial charge in [0.15, 0.2) is 9.84 Å². The molecule has 6 heteroatoms. The summed E-state index contributed by atoms with van der Waals surface area (Å²) < 4.78 is 38.7. The first-order valence-electron chi connectivity index (χ1n) is 8.07. The number of nitrogens with zero attached hydrogens (tertiary/aromatic N) is 1. The third-order valence-corrected chi connectivity index (χ3v) is 6.36. The van der Waals surface area contributed by atoms with E-state index in [1.165, 1.54) is 12.1 Å². The van der Waals surface area contributed by atoms with Crippen molar-refractivity contribution < 1.29 is 18.5 Å². The van der Waals surface area contributed by atoms with Crippen molar-refractivity contribution in [2.75, 3.05) is 24.5 Å². The van der Waals surface area contributed by atoms with Crippen LogP contribution >= 0.6 is 0 Å². The van der Waals surface area contributed by atoms with Crippen LogP contribution in [0.4, 0.5) is 10.1 Å². The summed E-state index contributed by atoms with van der Waals surface area (Å²) in [6.07, 6.45) is 0. The highest BCUT2D eigenvalue weighted by Crippen LogP contribution is 2.29. The zero-order valence-electron chi connectivity index (χ0n) is 14.1. The number of hydrogen-bond donors (Lipinski definition) is 1. The summed E-state index contributed by atoms with van der Waals surface area (Å²) in [5, 5.41) is -0.742. The second-order valence-corrected chi connectivity index (χ2v) is 7.67. The lowest BCUT2D eigenvalue weighted by Gasteiger charge is -2.22. The summed E-state index contributed by atoms with van der Waals surface area (Å²) in [7, 11) is -3.61. The zero-order chi connectivity index (χ0) is 17.7. The number of benzene rings is 2. The summed E-state index contributed by atoms with van der Waals surface area (Å²) in [6.45, 7) is 6.15. The van der Waals surface area contributed by atoms with Crippen LogP contribution < -0.4 is 10.6 Å². The maximum absolute atomic E-state index is 13.1. The van der Waals surface area contributed by atoms with E-state index < -0.39 is 20.9 Å². The molecular formula is C18H24FN2O2S+. The Morgan fingerprint density at radius 3 is 2.00 bits per heavy atom. The number of sulfone groups is 1. The van der Waals surface area contributed by atoms with Gasteiger partial charge in [-0.15, -0.1) is 0 Å². The van der Waals surface area contributed by atoms with Crippen LogP contribution in [0.3, 0.4) is 0 Å². The second-order valence-electron chi connectivity index (χ2n) is 5.54. The molecule has 2 rings (SSSR count). The molecule has 0 saturated heterocycles. The lowest BCUT2D eigenvalue weighted by Crippen LogP contribution is -2.54. The fourth-order valence-corrected chi connectivity index (χ4v) is 4.45. The molecule has 0 saturated carbocycles. The van der Waals surface area contributed by atoms with Gasteiger partial charge in [0.25, 0.3) is 0 Å². The summed E-state index contributed by atoms with van der Waals surface area (Å²) in [5.74, 6) is -0.455. The third-order valence-electron chi connectivity index (χ3n) is 4.17. The van der Waals surface area contributed by atoms with Crippen LogP contribution in [0.15, 0.2) is 53.4 Å². The normalized spacial score (nSPS) is 12.8. The van der Waals surface area contributed by atoms with Crippen molar-refractivity contribution >= 4 is 15.5 Å². The summed E-state index contributed by atoms with van der Waals surface area (Å²) in [4.78, 5) is 2.31. The molecular weight excluding hydrogens is 327 g/mol. The van der Waals surface area contributed by atoms with Gasteiger partial charge < -0.3 is 10.6 Å². The largest absolute Gasteiger partial charge is 0.372 e. The summed E-state index contributed by atoms with van der Waals surface area (Å²) in [6, 6.07) is 12.5. The minimum absolute atomic E-state index is 0.116. The van der Waals surface area contributed by atoms with Crippen molar-refractivity contribution in [1.29, 1.82) is 0 Å². The van der Waals surface area contributed by atoms with Gasteiger partial charge in [0.2, 0.25) is 0 Å². The molecule has 0 aliphatic carbocycles. The van der Waals surface area contributed by atoms with E-state index in [-0.39, 0.29) is 11.4 Å². The molecule has 3 N–H and O–H groups in total. The van der Waals surface area contributed by atoms with Crippen molar-refractivity contribution in [2.45, 2.75) is 24.0 Å². The van der Waals surface area contributed by atoms with Crippen LogP contribution in [-0.4, -0.2) is 28.1 Å². The quantitative estimate of drug-likeness (QED) is 0.779. The van der Waals surface area contributed by atoms with E-state index in [0.29, 0.717) is 5.56 Å². The molecule has 0 unspecified atom stereocenters. The topological polar surface area (TPSA) is 65.0 Å². The van der Waals surface area contributed by atoms with Crippen molar-refractivity contribution in [3.63, 3.8) is 0 Å². The van der Waals surface area contributed by atoms with E-state index >= 15 is 0 Å². The smallest absolute Gasteiger partial charge is 0.190 e. The Balaban J connectivity index is 2.35. The van der Waals surface area contributed by atoms with E-state index in [1.807, 2.05) is 24.3 Å². The van der Waals surface area contributed by atoms with E-state index in [1.54, 1.807) is 0 Å². The fourth-order valence-electron chi connectivity index (χ4n) is 2.78. The standard InChI is InChI=1S/C18H23FN2O2S/c1-3-21(4-2)16-9-5-14(6-10-16)18(13-20)24(22,23)17-11-7-15(19)8-12-17/h5-12,18H,3-4,13,20H2,1-2H3/p+1/t18-/m0/s1. The van der Waals surface area contributed by atoms with Crippen molar-refractivity contribution in [3.05, 3.63) is 59.9 Å². The maximum Gasteiger partial charge on any atom is 0.190 e. The monoisotopic (exact) mass is 351 g/mol. The van der Waals surface area contributed by atoms with Crippen LogP contribution in [0.25, 0.3) is 0 Å². The van der Waals surface area contributed by atoms with Crippen LogP contribution in [-0.2, 0) is 9.84 Å². The van der Waals surface area contributed by atoms with Gasteiger partial charge in [-0.2, -0.15) is 0 Å². The molecule has 0 fully saturated rings. The zero-order valence-corrected chi connectivity index (χ0v) is 14.9. The van der Waals surface area contributed by atoms with Gasteiger partial charge in [-0.05, 0) is 55.8 Å². The molecule has 0 aliphatic heterocycles. The number of anilines is 1. The minimum atomic E-state index is -3.61. The molecule has 0 amide bonds. The molecule has 0 heterocycles. The van der Waals surface area contributed by atoms with Gasteiger partial charge in [-0.1, -0.05) is 12.1 Å². The SMILES string of the molecule is CCN(CC)c1ccc([C@H](C[NH3+])S(=O)(=O)c2ccc(F)cc2)cc1. The molecule has 0 aromatic heterocycles. The molecule has 0 spiro atoms. The molecule has 2 aromatic rings.